The lowest BCUT2D eigenvalue weighted by atomic mass is 9.92. The molecule has 6 heteroatoms. The smallest absolute Gasteiger partial charge is 0.228 e. The second kappa shape index (κ2) is 8.78. The van der Waals surface area contributed by atoms with E-state index in [0.29, 0.717) is 25.7 Å². The molecule has 6 nitrogen and oxygen atoms in total. The van der Waals surface area contributed by atoms with Crippen LogP contribution in [0.4, 0.5) is 5.69 Å². The molecule has 0 radical (unpaired) electrons. The number of piperidine rings is 2. The third kappa shape index (κ3) is 4.23. The number of likely N-dealkylation sites (tertiary alicyclic amines) is 2. The van der Waals surface area contributed by atoms with E-state index >= 15 is 0 Å². The third-order valence-electron chi connectivity index (χ3n) is 7.06. The third-order valence-corrected chi connectivity index (χ3v) is 7.06. The van der Waals surface area contributed by atoms with Gasteiger partial charge >= 0.3 is 0 Å². The van der Waals surface area contributed by atoms with Crippen LogP contribution in [0.3, 0.4) is 0 Å². The van der Waals surface area contributed by atoms with Gasteiger partial charge in [0.1, 0.15) is 0 Å². The Labute approximate surface area is 179 Å². The summed E-state index contributed by atoms with van der Waals surface area (Å²) in [5.41, 5.74) is 2.01. The number of aryl methyl sites for hydroxylation is 1. The highest BCUT2D eigenvalue weighted by molar-refractivity contribution is 6.00. The van der Waals surface area contributed by atoms with Crippen LogP contribution >= 0.6 is 0 Å². The molecule has 3 heterocycles. The van der Waals surface area contributed by atoms with Crippen molar-refractivity contribution >= 4 is 23.4 Å². The van der Waals surface area contributed by atoms with Crippen molar-refractivity contribution in [1.29, 1.82) is 0 Å². The molecule has 162 valence electrons. The van der Waals surface area contributed by atoms with E-state index in [1.54, 1.807) is 4.90 Å². The summed E-state index contributed by atoms with van der Waals surface area (Å²) >= 11 is 0. The second-order valence-corrected chi connectivity index (χ2v) is 9.22. The Hall–Kier alpha value is -2.37. The van der Waals surface area contributed by atoms with Gasteiger partial charge in [0.15, 0.2) is 0 Å². The predicted molar refractivity (Wildman–Crippen MR) is 116 cm³/mol. The van der Waals surface area contributed by atoms with Crippen molar-refractivity contribution in [2.24, 2.45) is 11.8 Å². The van der Waals surface area contributed by atoms with Crippen LogP contribution in [-0.2, 0) is 14.4 Å². The quantitative estimate of drug-likeness (QED) is 0.768. The van der Waals surface area contributed by atoms with E-state index in [1.165, 1.54) is 6.42 Å². The highest BCUT2D eigenvalue weighted by Gasteiger charge is 2.39. The zero-order valence-electron chi connectivity index (χ0n) is 18.2. The average molecular weight is 412 g/mol. The van der Waals surface area contributed by atoms with Crippen molar-refractivity contribution in [3.8, 4) is 0 Å². The van der Waals surface area contributed by atoms with Crippen molar-refractivity contribution in [2.45, 2.75) is 58.4 Å². The number of hydrogen-bond donors (Lipinski definition) is 0. The zero-order valence-corrected chi connectivity index (χ0v) is 18.2. The van der Waals surface area contributed by atoms with Crippen molar-refractivity contribution < 1.29 is 14.4 Å². The van der Waals surface area contributed by atoms with Crippen molar-refractivity contribution in [3.63, 3.8) is 0 Å². The van der Waals surface area contributed by atoms with E-state index in [4.69, 9.17) is 0 Å². The van der Waals surface area contributed by atoms with E-state index in [9.17, 15) is 14.4 Å². The van der Waals surface area contributed by atoms with Crippen LogP contribution in [0.1, 0.15) is 51.0 Å². The molecule has 0 N–H and O–H groups in total. The van der Waals surface area contributed by atoms with Crippen molar-refractivity contribution in [1.82, 2.24) is 9.80 Å². The summed E-state index contributed by atoms with van der Waals surface area (Å²) in [5.74, 6) is 0.101. The summed E-state index contributed by atoms with van der Waals surface area (Å²) in [6.45, 7) is 6.72. The Morgan fingerprint density at radius 1 is 0.900 bits per heavy atom. The van der Waals surface area contributed by atoms with Crippen LogP contribution in [0.15, 0.2) is 24.3 Å². The molecule has 3 fully saturated rings. The Kier molecular flexibility index (Phi) is 6.11. The topological polar surface area (TPSA) is 60.9 Å². The molecule has 3 saturated heterocycles. The largest absolute Gasteiger partial charge is 0.342 e. The maximum absolute atomic E-state index is 13.1. The summed E-state index contributed by atoms with van der Waals surface area (Å²) in [6.07, 6.45) is 5.14. The van der Waals surface area contributed by atoms with Crippen LogP contribution in [0.2, 0.25) is 0 Å². The van der Waals surface area contributed by atoms with Crippen LogP contribution in [-0.4, -0.2) is 59.7 Å². The van der Waals surface area contributed by atoms with Crippen molar-refractivity contribution in [2.75, 3.05) is 31.1 Å². The number of rotatable bonds is 3. The SMILES string of the molecule is Cc1ccc(N2CC(C(=O)N3CCC(C(=O)N4CCCCC4C)CC3)CC2=O)cc1. The highest BCUT2D eigenvalue weighted by Crippen LogP contribution is 2.29. The first kappa shape index (κ1) is 20.9. The molecule has 30 heavy (non-hydrogen) atoms. The van der Waals surface area contributed by atoms with E-state index in [2.05, 4.69) is 11.8 Å². The Morgan fingerprint density at radius 2 is 1.60 bits per heavy atom. The lowest BCUT2D eigenvalue weighted by molar-refractivity contribution is -0.144. The Bertz CT molecular complexity index is 798. The molecule has 0 bridgehead atoms. The van der Waals surface area contributed by atoms with Crippen LogP contribution in [0.25, 0.3) is 0 Å². The number of hydrogen-bond acceptors (Lipinski definition) is 3. The molecule has 2 unspecified atom stereocenters. The van der Waals surface area contributed by atoms with Gasteiger partial charge in [-0.2, -0.15) is 0 Å². The second-order valence-electron chi connectivity index (χ2n) is 9.22. The fourth-order valence-electron chi connectivity index (χ4n) is 5.11. The molecule has 4 rings (SSSR count). The average Bonchev–Trinajstić information content (AvgIpc) is 3.15. The number of carbonyl (C=O) groups excluding carboxylic acids is 3. The lowest BCUT2D eigenvalue weighted by Crippen LogP contribution is -2.49. The van der Waals surface area contributed by atoms with Gasteiger partial charge in [-0.25, -0.2) is 0 Å². The fraction of sp³-hybridized carbons (Fsp3) is 0.625. The Morgan fingerprint density at radius 3 is 2.27 bits per heavy atom. The van der Waals surface area contributed by atoms with Gasteiger partial charge in [0.05, 0.1) is 5.92 Å². The molecule has 0 aliphatic carbocycles. The minimum absolute atomic E-state index is 0.0151. The van der Waals surface area contributed by atoms with Crippen molar-refractivity contribution in [3.05, 3.63) is 29.8 Å². The van der Waals surface area contributed by atoms with Crippen LogP contribution in [0.5, 0.6) is 0 Å². The van der Waals surface area contributed by atoms with Gasteiger partial charge in [-0.1, -0.05) is 17.7 Å². The van der Waals surface area contributed by atoms with Gasteiger partial charge in [-0.05, 0) is 58.1 Å². The van der Waals surface area contributed by atoms with E-state index in [1.807, 2.05) is 36.1 Å². The summed E-state index contributed by atoms with van der Waals surface area (Å²) < 4.78 is 0. The molecule has 3 amide bonds. The normalized spacial score (nSPS) is 25.7. The zero-order chi connectivity index (χ0) is 21.3. The number of benzene rings is 1. The number of nitrogens with zero attached hydrogens (tertiary/aromatic N) is 3. The number of anilines is 1. The first-order valence-corrected chi connectivity index (χ1v) is 11.4. The predicted octanol–water partition coefficient (Wildman–Crippen LogP) is 2.99. The summed E-state index contributed by atoms with van der Waals surface area (Å²) in [4.78, 5) is 44.2. The molecular weight excluding hydrogens is 378 g/mol. The maximum Gasteiger partial charge on any atom is 0.228 e. The fourth-order valence-corrected chi connectivity index (χ4v) is 5.11. The van der Waals surface area contributed by atoms with E-state index in [0.717, 1.165) is 43.5 Å². The summed E-state index contributed by atoms with van der Waals surface area (Å²) in [7, 11) is 0. The van der Waals surface area contributed by atoms with E-state index in [-0.39, 0.29) is 36.0 Å². The van der Waals surface area contributed by atoms with Gasteiger partial charge in [0.2, 0.25) is 17.7 Å². The van der Waals surface area contributed by atoms with E-state index < -0.39 is 0 Å². The van der Waals surface area contributed by atoms with Gasteiger partial charge in [-0.15, -0.1) is 0 Å². The first-order valence-electron chi connectivity index (χ1n) is 11.4. The molecule has 3 aliphatic heterocycles. The molecule has 0 saturated carbocycles. The molecule has 0 aromatic heterocycles. The minimum atomic E-state index is -0.284. The molecule has 1 aromatic rings. The van der Waals surface area contributed by atoms with Gasteiger partial charge < -0.3 is 14.7 Å². The van der Waals surface area contributed by atoms with Gasteiger partial charge in [-0.3, -0.25) is 14.4 Å². The highest BCUT2D eigenvalue weighted by atomic mass is 16.2. The Balaban J connectivity index is 1.31. The standard InChI is InChI=1S/C24H33N3O3/c1-17-6-8-21(9-7-17)27-16-20(15-22(27)28)23(29)25-13-10-19(11-14-25)24(30)26-12-4-3-5-18(26)2/h6-9,18-20H,3-5,10-16H2,1-2H3. The summed E-state index contributed by atoms with van der Waals surface area (Å²) in [6, 6.07) is 8.20. The maximum atomic E-state index is 13.1. The lowest BCUT2D eigenvalue weighted by Gasteiger charge is -2.39. The van der Waals surface area contributed by atoms with Crippen LogP contribution < -0.4 is 4.90 Å². The summed E-state index contributed by atoms with van der Waals surface area (Å²) in [5, 5.41) is 0. The van der Waals surface area contributed by atoms with Crippen LogP contribution in [0, 0.1) is 18.8 Å². The molecular formula is C24H33N3O3. The number of carbonyl (C=O) groups is 3. The first-order chi connectivity index (χ1) is 14.4. The molecule has 1 aromatic carbocycles. The van der Waals surface area contributed by atoms with Gasteiger partial charge in [0.25, 0.3) is 0 Å². The minimum Gasteiger partial charge on any atom is -0.342 e. The monoisotopic (exact) mass is 411 g/mol. The number of amides is 3. The molecule has 3 aliphatic rings. The molecule has 0 spiro atoms. The molecule has 2 atom stereocenters. The van der Waals surface area contributed by atoms with Gasteiger partial charge in [0, 0.05) is 50.2 Å².